The summed E-state index contributed by atoms with van der Waals surface area (Å²) < 4.78 is 4.94. The Morgan fingerprint density at radius 3 is 2.00 bits per heavy atom. The van der Waals surface area contributed by atoms with Gasteiger partial charge in [-0.15, -0.1) is 0 Å². The fraction of sp³-hybridized carbons (Fsp3) is 0.737. The Morgan fingerprint density at radius 1 is 1.04 bits per heavy atom. The number of aryl methyl sites for hydroxylation is 1. The normalized spacial score (nSPS) is 16.3. The van der Waals surface area contributed by atoms with Crippen LogP contribution in [0.1, 0.15) is 46.2 Å². The van der Waals surface area contributed by atoms with E-state index in [1.807, 2.05) is 40.7 Å². The molecule has 4 heteroatoms. The summed E-state index contributed by atoms with van der Waals surface area (Å²) in [6, 6.07) is 6.88. The zero-order valence-corrected chi connectivity index (χ0v) is 16.3. The van der Waals surface area contributed by atoms with E-state index in [0.29, 0.717) is 6.04 Å². The molecule has 0 aromatic carbocycles. The van der Waals surface area contributed by atoms with Crippen LogP contribution >= 0.6 is 0 Å². The molecule has 2 fully saturated rings. The van der Waals surface area contributed by atoms with Gasteiger partial charge in [0.05, 0.1) is 0 Å². The quantitative estimate of drug-likeness (QED) is 0.823. The summed E-state index contributed by atoms with van der Waals surface area (Å²) in [5.41, 5.74) is 1.09. The van der Waals surface area contributed by atoms with E-state index < -0.39 is 0 Å². The molecule has 0 radical (unpaired) electrons. The molecule has 0 amide bonds. The molecule has 2 aliphatic heterocycles. The number of likely N-dealkylation sites (N-methyl/N-ethyl adjacent to an activating group) is 1. The zero-order chi connectivity index (χ0) is 17.7. The first-order valence-corrected chi connectivity index (χ1v) is 9.09. The first-order valence-electron chi connectivity index (χ1n) is 9.09. The van der Waals surface area contributed by atoms with E-state index in [1.165, 1.54) is 12.8 Å². The van der Waals surface area contributed by atoms with Crippen LogP contribution in [0.15, 0.2) is 18.2 Å². The third-order valence-electron chi connectivity index (χ3n) is 3.62. The Hall–Kier alpha value is -1.13. The van der Waals surface area contributed by atoms with Crippen LogP contribution in [0.4, 0.5) is 5.82 Å². The second-order valence-corrected chi connectivity index (χ2v) is 5.48. The van der Waals surface area contributed by atoms with Gasteiger partial charge in [0.15, 0.2) is 0 Å². The molecule has 2 saturated heterocycles. The first-order chi connectivity index (χ1) is 11.2. The largest absolute Gasteiger partial charge is 0.381 e. The summed E-state index contributed by atoms with van der Waals surface area (Å²) >= 11 is 0. The molecule has 23 heavy (non-hydrogen) atoms. The van der Waals surface area contributed by atoms with Crippen molar-refractivity contribution < 1.29 is 4.74 Å². The molecule has 0 N–H and O–H groups in total. The smallest absolute Gasteiger partial charge is 0.128 e. The molecule has 0 saturated carbocycles. The van der Waals surface area contributed by atoms with Crippen LogP contribution in [0.3, 0.4) is 0 Å². The number of aromatic nitrogens is 1. The molecule has 0 unspecified atom stereocenters. The summed E-state index contributed by atoms with van der Waals surface area (Å²) in [5.74, 6) is 1.11. The highest BCUT2D eigenvalue weighted by atomic mass is 16.5. The molecule has 1 aromatic heterocycles. The van der Waals surface area contributed by atoms with Crippen LogP contribution in [-0.2, 0) is 4.74 Å². The van der Waals surface area contributed by atoms with Crippen molar-refractivity contribution in [3.05, 3.63) is 23.9 Å². The van der Waals surface area contributed by atoms with Gasteiger partial charge in [-0.3, -0.25) is 0 Å². The van der Waals surface area contributed by atoms with Crippen LogP contribution in [0.2, 0.25) is 0 Å². The molecule has 1 aromatic rings. The standard InChI is InChI=1S/C11H17N3.C4H8O.2C2H6/c1-9-5-4-6-11(12-9)14-7-10(8-14)13(2)3;1-2-4-5-3-1;2*1-2/h4-6,10H,7-8H2,1-3H3;1-4H2;2*1-2H3. The zero-order valence-electron chi connectivity index (χ0n) is 16.3. The van der Waals surface area contributed by atoms with E-state index in [4.69, 9.17) is 4.74 Å². The number of pyridine rings is 1. The fourth-order valence-electron chi connectivity index (χ4n) is 2.18. The predicted molar refractivity (Wildman–Crippen MR) is 101 cm³/mol. The molecule has 0 bridgehead atoms. The van der Waals surface area contributed by atoms with Gasteiger partial charge in [0.1, 0.15) is 5.82 Å². The molecule has 3 rings (SSSR count). The van der Waals surface area contributed by atoms with Crippen molar-refractivity contribution in [3.8, 4) is 0 Å². The topological polar surface area (TPSA) is 28.6 Å². The Morgan fingerprint density at radius 2 is 1.61 bits per heavy atom. The lowest BCUT2D eigenvalue weighted by atomic mass is 10.1. The average molecular weight is 324 g/mol. The SMILES string of the molecule is C1CCOC1.CC.CC.Cc1cccc(N2CC(N(C)C)C2)n1. The fourth-order valence-corrected chi connectivity index (χ4v) is 2.18. The highest BCUT2D eigenvalue weighted by Gasteiger charge is 2.28. The summed E-state index contributed by atoms with van der Waals surface area (Å²) in [7, 11) is 4.26. The minimum atomic E-state index is 0.692. The highest BCUT2D eigenvalue weighted by Crippen LogP contribution is 2.20. The number of nitrogens with zero attached hydrogens (tertiary/aromatic N) is 3. The van der Waals surface area contributed by atoms with Crippen molar-refractivity contribution in [3.63, 3.8) is 0 Å². The second kappa shape index (κ2) is 13.3. The van der Waals surface area contributed by atoms with Crippen LogP contribution in [-0.4, -0.2) is 56.3 Å². The van der Waals surface area contributed by atoms with E-state index in [0.717, 1.165) is 37.8 Å². The van der Waals surface area contributed by atoms with E-state index in [9.17, 15) is 0 Å². The number of rotatable bonds is 2. The van der Waals surface area contributed by atoms with Crippen molar-refractivity contribution in [2.45, 2.75) is 53.5 Å². The summed E-state index contributed by atoms with van der Waals surface area (Å²) in [4.78, 5) is 9.08. The van der Waals surface area contributed by atoms with Gasteiger partial charge in [-0.2, -0.15) is 0 Å². The van der Waals surface area contributed by atoms with Gasteiger partial charge in [-0.1, -0.05) is 33.8 Å². The summed E-state index contributed by atoms with van der Waals surface area (Å²) in [6.45, 7) is 14.2. The van der Waals surface area contributed by atoms with Gasteiger partial charge in [0.2, 0.25) is 0 Å². The minimum Gasteiger partial charge on any atom is -0.381 e. The maximum Gasteiger partial charge on any atom is 0.128 e. The third-order valence-corrected chi connectivity index (χ3v) is 3.62. The number of hydrogen-bond acceptors (Lipinski definition) is 4. The minimum absolute atomic E-state index is 0.692. The lowest BCUT2D eigenvalue weighted by Crippen LogP contribution is -2.57. The van der Waals surface area contributed by atoms with Crippen LogP contribution in [0, 0.1) is 6.92 Å². The molecule has 0 aliphatic carbocycles. The lowest BCUT2D eigenvalue weighted by Gasteiger charge is -2.43. The van der Waals surface area contributed by atoms with Crippen molar-refractivity contribution in [2.24, 2.45) is 0 Å². The molecule has 0 atom stereocenters. The summed E-state index contributed by atoms with van der Waals surface area (Å²) in [5, 5.41) is 0. The van der Waals surface area contributed by atoms with Crippen LogP contribution in [0.5, 0.6) is 0 Å². The van der Waals surface area contributed by atoms with Crippen molar-refractivity contribution in [2.75, 3.05) is 45.3 Å². The molecule has 4 nitrogen and oxygen atoms in total. The van der Waals surface area contributed by atoms with E-state index in [1.54, 1.807) is 0 Å². The molecular formula is C19H37N3O. The van der Waals surface area contributed by atoms with Gasteiger partial charge < -0.3 is 14.5 Å². The predicted octanol–water partition coefficient (Wildman–Crippen LogP) is 3.99. The van der Waals surface area contributed by atoms with Crippen molar-refractivity contribution >= 4 is 5.82 Å². The maximum absolute atomic E-state index is 4.94. The number of ether oxygens (including phenoxy) is 1. The molecule has 3 heterocycles. The van der Waals surface area contributed by atoms with Gasteiger partial charge in [-0.25, -0.2) is 4.98 Å². The molecule has 2 aliphatic rings. The van der Waals surface area contributed by atoms with E-state index in [2.05, 4.69) is 41.0 Å². The van der Waals surface area contributed by atoms with E-state index >= 15 is 0 Å². The second-order valence-electron chi connectivity index (χ2n) is 5.48. The maximum atomic E-state index is 4.94. The Balaban J connectivity index is 0.000000449. The Kier molecular flexibility index (Phi) is 12.7. The monoisotopic (exact) mass is 323 g/mol. The van der Waals surface area contributed by atoms with Gasteiger partial charge in [-0.05, 0) is 46.0 Å². The number of hydrogen-bond donors (Lipinski definition) is 0. The van der Waals surface area contributed by atoms with Crippen molar-refractivity contribution in [1.29, 1.82) is 0 Å². The highest BCUT2D eigenvalue weighted by molar-refractivity contribution is 5.42. The summed E-state index contributed by atoms with van der Waals surface area (Å²) in [6.07, 6.45) is 2.56. The Labute approximate surface area is 143 Å². The van der Waals surface area contributed by atoms with Crippen LogP contribution in [0.25, 0.3) is 0 Å². The van der Waals surface area contributed by atoms with Gasteiger partial charge in [0, 0.05) is 38.0 Å². The van der Waals surface area contributed by atoms with Gasteiger partial charge >= 0.3 is 0 Å². The third kappa shape index (κ3) is 8.33. The lowest BCUT2D eigenvalue weighted by molar-refractivity contribution is 0.198. The molecule has 0 spiro atoms. The number of anilines is 1. The van der Waals surface area contributed by atoms with Crippen molar-refractivity contribution in [1.82, 2.24) is 9.88 Å². The van der Waals surface area contributed by atoms with E-state index in [-0.39, 0.29) is 0 Å². The van der Waals surface area contributed by atoms with Crippen LogP contribution < -0.4 is 4.90 Å². The average Bonchev–Trinajstić information content (AvgIpc) is 3.09. The van der Waals surface area contributed by atoms with Gasteiger partial charge in [0.25, 0.3) is 0 Å². The molecule has 134 valence electrons. The first kappa shape index (κ1) is 21.9. The molecular weight excluding hydrogens is 286 g/mol. The Bertz CT molecular complexity index is 378.